The first-order valence-electron chi connectivity index (χ1n) is 13.8. The number of carbonyl (C=O) groups is 4. The van der Waals surface area contributed by atoms with E-state index in [1.165, 1.54) is 0 Å². The molecule has 2 amide bonds. The van der Waals surface area contributed by atoms with Crippen molar-refractivity contribution in [2.75, 3.05) is 33.0 Å². The molecule has 0 radical (unpaired) electrons. The summed E-state index contributed by atoms with van der Waals surface area (Å²) in [5.74, 6) is -3.36. The highest BCUT2D eigenvalue weighted by Crippen LogP contribution is 2.18. The van der Waals surface area contributed by atoms with Gasteiger partial charge in [0.05, 0.1) is 31.7 Å². The maximum atomic E-state index is 13.2. The number of rotatable bonds is 12. The number of hydrogen-bond acceptors (Lipinski definition) is 8. The minimum absolute atomic E-state index is 0.0104. The van der Waals surface area contributed by atoms with E-state index in [0.717, 1.165) is 11.1 Å². The second-order valence-corrected chi connectivity index (χ2v) is 9.70. The summed E-state index contributed by atoms with van der Waals surface area (Å²) in [6, 6.07) is 17.4. The zero-order valence-electron chi connectivity index (χ0n) is 23.0. The van der Waals surface area contributed by atoms with Crippen molar-refractivity contribution in [3.05, 3.63) is 83.9 Å². The van der Waals surface area contributed by atoms with Gasteiger partial charge in [-0.3, -0.25) is 14.4 Å². The van der Waals surface area contributed by atoms with Gasteiger partial charge < -0.3 is 30.0 Å². The molecule has 1 heterocycles. The van der Waals surface area contributed by atoms with Crippen molar-refractivity contribution in [2.24, 2.45) is 11.8 Å². The molecular weight excluding hydrogens is 528 g/mol. The molecule has 3 N–H and O–H groups in total. The number of carbonyl (C=O) groups excluding carboxylic acids is 4. The van der Waals surface area contributed by atoms with Crippen molar-refractivity contribution >= 4 is 23.8 Å². The minimum atomic E-state index is -1.24. The molecule has 0 saturated heterocycles. The molecule has 0 spiro atoms. The molecule has 220 valence electrons. The number of nitrogens with one attached hydrogen (secondary N) is 2. The molecule has 10 nitrogen and oxygen atoms in total. The summed E-state index contributed by atoms with van der Waals surface area (Å²) in [5, 5.41) is 14.1. The van der Waals surface area contributed by atoms with Crippen molar-refractivity contribution < 1.29 is 38.5 Å². The number of benzene rings is 2. The molecule has 3 rings (SSSR count). The van der Waals surface area contributed by atoms with E-state index in [2.05, 4.69) is 10.6 Å². The average molecular weight is 567 g/mol. The van der Waals surface area contributed by atoms with Gasteiger partial charge in [0.25, 0.3) is 0 Å². The lowest BCUT2D eigenvalue weighted by atomic mass is 9.94. The number of hydrogen-bond donors (Lipinski definition) is 3. The van der Waals surface area contributed by atoms with E-state index in [0.29, 0.717) is 12.8 Å². The predicted molar refractivity (Wildman–Crippen MR) is 150 cm³/mol. The monoisotopic (exact) mass is 566 g/mol. The number of aliphatic hydroxyl groups excluding tert-OH is 1. The third-order valence-corrected chi connectivity index (χ3v) is 6.49. The fourth-order valence-corrected chi connectivity index (χ4v) is 4.26. The maximum Gasteiger partial charge on any atom is 0.332 e. The van der Waals surface area contributed by atoms with Crippen LogP contribution in [0.3, 0.4) is 0 Å². The summed E-state index contributed by atoms with van der Waals surface area (Å²) < 4.78 is 16.1. The Morgan fingerprint density at radius 3 is 2.27 bits per heavy atom. The summed E-state index contributed by atoms with van der Waals surface area (Å²) in [4.78, 5) is 51.8. The average Bonchev–Trinajstić information content (AvgIpc) is 2.99. The summed E-state index contributed by atoms with van der Waals surface area (Å²) in [6.45, 7) is 0.112. The molecular formula is C31H38N2O8. The van der Waals surface area contributed by atoms with E-state index in [4.69, 9.17) is 19.3 Å². The lowest BCUT2D eigenvalue weighted by molar-refractivity contribution is -0.157. The van der Waals surface area contributed by atoms with Gasteiger partial charge in [-0.15, -0.1) is 0 Å². The largest absolute Gasteiger partial charge is 0.463 e. The quantitative estimate of drug-likeness (QED) is 0.202. The van der Waals surface area contributed by atoms with Crippen LogP contribution in [0.4, 0.5) is 0 Å². The molecule has 2 aromatic rings. The molecule has 41 heavy (non-hydrogen) atoms. The Morgan fingerprint density at radius 1 is 0.927 bits per heavy atom. The summed E-state index contributed by atoms with van der Waals surface area (Å²) >= 11 is 0. The molecule has 2 aromatic carbocycles. The number of allylic oxidation sites excluding steroid dienone is 2. The van der Waals surface area contributed by atoms with Crippen LogP contribution < -0.4 is 10.6 Å². The molecule has 10 heteroatoms. The van der Waals surface area contributed by atoms with Crippen LogP contribution in [0.5, 0.6) is 0 Å². The van der Waals surface area contributed by atoms with E-state index < -0.39 is 42.3 Å². The summed E-state index contributed by atoms with van der Waals surface area (Å²) in [5.41, 5.74) is 1.74. The molecule has 0 aromatic heterocycles. The SMILES string of the molecule is O=C(C[C@H]1CC=CC[C@H](Cc2ccccc2)C(=O)OC[C@H](C(=O)OCc2ccccc2)NC1=O)NCCOCCO. The molecule has 0 fully saturated rings. The first-order chi connectivity index (χ1) is 20.0. The van der Waals surface area contributed by atoms with Gasteiger partial charge in [0.15, 0.2) is 6.04 Å². The third kappa shape index (κ3) is 11.5. The van der Waals surface area contributed by atoms with Crippen LogP contribution in [0.25, 0.3) is 0 Å². The molecule has 3 atom stereocenters. The Balaban J connectivity index is 1.72. The number of esters is 2. The lowest BCUT2D eigenvalue weighted by Gasteiger charge is -2.23. The Labute approximate surface area is 240 Å². The zero-order valence-corrected chi connectivity index (χ0v) is 23.0. The summed E-state index contributed by atoms with van der Waals surface area (Å²) in [6.07, 6.45) is 4.54. The molecule has 0 aliphatic carbocycles. The Kier molecular flexibility index (Phi) is 13.5. The molecule has 1 aliphatic heterocycles. The smallest absolute Gasteiger partial charge is 0.332 e. The van der Waals surface area contributed by atoms with E-state index >= 15 is 0 Å². The van der Waals surface area contributed by atoms with Crippen LogP contribution in [0.15, 0.2) is 72.8 Å². The number of cyclic esters (lactones) is 1. The number of ether oxygens (including phenoxy) is 3. The lowest BCUT2D eigenvalue weighted by Crippen LogP contribution is -2.48. The first kappa shape index (κ1) is 31.5. The van der Waals surface area contributed by atoms with Gasteiger partial charge in [-0.2, -0.15) is 0 Å². The van der Waals surface area contributed by atoms with Crippen molar-refractivity contribution in [3.8, 4) is 0 Å². The van der Waals surface area contributed by atoms with Crippen LogP contribution in [0.2, 0.25) is 0 Å². The number of amides is 2. The van der Waals surface area contributed by atoms with Gasteiger partial charge in [0, 0.05) is 13.0 Å². The van der Waals surface area contributed by atoms with E-state index in [1.807, 2.05) is 54.6 Å². The van der Waals surface area contributed by atoms with Crippen LogP contribution in [-0.4, -0.2) is 67.9 Å². The van der Waals surface area contributed by atoms with Crippen molar-refractivity contribution in [1.29, 1.82) is 0 Å². The highest BCUT2D eigenvalue weighted by atomic mass is 16.6. The minimum Gasteiger partial charge on any atom is -0.463 e. The molecule has 0 saturated carbocycles. The van der Waals surface area contributed by atoms with Gasteiger partial charge in [-0.25, -0.2) is 4.79 Å². The first-order valence-corrected chi connectivity index (χ1v) is 13.8. The van der Waals surface area contributed by atoms with Gasteiger partial charge >= 0.3 is 11.9 Å². The highest BCUT2D eigenvalue weighted by molar-refractivity contribution is 5.89. The standard InChI is InChI=1S/C31H38N2O8/c34-16-18-39-17-15-32-28(35)20-25-13-7-8-14-26(19-23-9-3-1-4-10-23)30(37)41-22-27(33-29(25)36)31(38)40-21-24-11-5-2-6-12-24/h1-12,25-27,34H,13-22H2,(H,32,35)(H,33,36)/t25-,26-,27-/m1/s1. The fraction of sp³-hybridized carbons (Fsp3) is 0.419. The predicted octanol–water partition coefficient (Wildman–Crippen LogP) is 2.10. The Bertz CT molecular complexity index is 1140. The van der Waals surface area contributed by atoms with Crippen LogP contribution >= 0.6 is 0 Å². The van der Waals surface area contributed by atoms with Gasteiger partial charge in [-0.1, -0.05) is 72.8 Å². The second-order valence-electron chi connectivity index (χ2n) is 9.70. The molecule has 0 bridgehead atoms. The highest BCUT2D eigenvalue weighted by Gasteiger charge is 2.30. The Morgan fingerprint density at radius 2 is 1.59 bits per heavy atom. The van der Waals surface area contributed by atoms with Crippen molar-refractivity contribution in [3.63, 3.8) is 0 Å². The molecule has 1 aliphatic rings. The third-order valence-electron chi connectivity index (χ3n) is 6.49. The fourth-order valence-electron chi connectivity index (χ4n) is 4.26. The van der Waals surface area contributed by atoms with Crippen molar-refractivity contribution in [2.45, 2.75) is 38.3 Å². The van der Waals surface area contributed by atoms with Crippen LogP contribution in [-0.2, 0) is 46.4 Å². The van der Waals surface area contributed by atoms with E-state index in [-0.39, 0.29) is 51.7 Å². The van der Waals surface area contributed by atoms with E-state index in [9.17, 15) is 19.2 Å². The van der Waals surface area contributed by atoms with E-state index in [1.54, 1.807) is 18.2 Å². The van der Waals surface area contributed by atoms with Crippen LogP contribution in [0, 0.1) is 11.8 Å². The van der Waals surface area contributed by atoms with Gasteiger partial charge in [-0.05, 0) is 30.4 Å². The summed E-state index contributed by atoms with van der Waals surface area (Å²) in [7, 11) is 0. The maximum absolute atomic E-state index is 13.2. The zero-order chi connectivity index (χ0) is 29.3. The second kappa shape index (κ2) is 17.6. The molecule has 0 unspecified atom stereocenters. The van der Waals surface area contributed by atoms with Gasteiger partial charge in [0.1, 0.15) is 13.2 Å². The Hall–Kier alpha value is -4.02. The topological polar surface area (TPSA) is 140 Å². The van der Waals surface area contributed by atoms with Gasteiger partial charge in [0.2, 0.25) is 11.8 Å². The normalized spacial score (nSPS) is 19.7. The van der Waals surface area contributed by atoms with Crippen molar-refractivity contribution in [1.82, 2.24) is 10.6 Å². The number of aliphatic hydroxyl groups is 1. The van der Waals surface area contributed by atoms with Crippen LogP contribution in [0.1, 0.15) is 30.4 Å².